The fourth-order valence-corrected chi connectivity index (χ4v) is 2.90. The molecule has 3 rings (SSSR count). The van der Waals surface area contributed by atoms with Crippen molar-refractivity contribution in [3.63, 3.8) is 0 Å². The minimum absolute atomic E-state index is 0.0720. The van der Waals surface area contributed by atoms with Crippen LogP contribution in [0.2, 0.25) is 0 Å². The van der Waals surface area contributed by atoms with E-state index in [-0.39, 0.29) is 12.0 Å². The van der Waals surface area contributed by atoms with Crippen LogP contribution in [0.15, 0.2) is 54.9 Å². The molecule has 120 valence electrons. The zero-order valence-electron chi connectivity index (χ0n) is 13.2. The van der Waals surface area contributed by atoms with Gasteiger partial charge < -0.3 is 9.64 Å². The minimum Gasteiger partial charge on any atom is -0.376 e. The van der Waals surface area contributed by atoms with Gasteiger partial charge in [0.1, 0.15) is 0 Å². The van der Waals surface area contributed by atoms with Crippen LogP contribution < -0.4 is 0 Å². The van der Waals surface area contributed by atoms with Gasteiger partial charge in [0.2, 0.25) is 0 Å². The van der Waals surface area contributed by atoms with Gasteiger partial charge in [-0.25, -0.2) is 0 Å². The van der Waals surface area contributed by atoms with E-state index in [1.807, 2.05) is 11.0 Å². The van der Waals surface area contributed by atoms with Gasteiger partial charge in [-0.2, -0.15) is 0 Å². The van der Waals surface area contributed by atoms with Crippen molar-refractivity contribution in [2.45, 2.75) is 25.4 Å². The number of carbonyl (C=O) groups excluding carboxylic acids is 1. The van der Waals surface area contributed by atoms with E-state index >= 15 is 0 Å². The van der Waals surface area contributed by atoms with E-state index in [1.165, 1.54) is 5.56 Å². The summed E-state index contributed by atoms with van der Waals surface area (Å²) in [6.45, 7) is 2.20. The predicted octanol–water partition coefficient (Wildman–Crippen LogP) is 2.95. The minimum atomic E-state index is 0.0720. The lowest BCUT2D eigenvalue weighted by Crippen LogP contribution is -2.30. The van der Waals surface area contributed by atoms with Crippen molar-refractivity contribution in [1.82, 2.24) is 9.88 Å². The third-order valence-corrected chi connectivity index (χ3v) is 4.17. The first-order valence-electron chi connectivity index (χ1n) is 8.18. The first kappa shape index (κ1) is 15.7. The Morgan fingerprint density at radius 1 is 1.17 bits per heavy atom. The lowest BCUT2D eigenvalue weighted by Gasteiger charge is -2.16. The zero-order valence-corrected chi connectivity index (χ0v) is 13.2. The number of benzene rings is 1. The largest absolute Gasteiger partial charge is 0.376 e. The van der Waals surface area contributed by atoms with Gasteiger partial charge in [-0.15, -0.1) is 0 Å². The summed E-state index contributed by atoms with van der Waals surface area (Å²) in [4.78, 5) is 18.2. The van der Waals surface area contributed by atoms with Crippen molar-refractivity contribution < 1.29 is 9.53 Å². The second-order valence-corrected chi connectivity index (χ2v) is 5.86. The Labute approximate surface area is 137 Å². The molecule has 0 spiro atoms. The number of pyridine rings is 1. The number of aromatic nitrogens is 1. The first-order valence-corrected chi connectivity index (χ1v) is 8.18. The van der Waals surface area contributed by atoms with E-state index in [1.54, 1.807) is 24.5 Å². The third kappa shape index (κ3) is 4.39. The van der Waals surface area contributed by atoms with Gasteiger partial charge in [0.05, 0.1) is 6.10 Å². The average molecular weight is 310 g/mol. The van der Waals surface area contributed by atoms with Crippen molar-refractivity contribution in [3.05, 3.63) is 66.0 Å². The molecule has 2 heterocycles. The van der Waals surface area contributed by atoms with Crippen LogP contribution in [-0.2, 0) is 11.2 Å². The summed E-state index contributed by atoms with van der Waals surface area (Å²) >= 11 is 0. The lowest BCUT2D eigenvalue weighted by atomic mass is 10.1. The Morgan fingerprint density at radius 3 is 2.74 bits per heavy atom. The summed E-state index contributed by atoms with van der Waals surface area (Å²) in [7, 11) is 0. The highest BCUT2D eigenvalue weighted by atomic mass is 16.5. The van der Waals surface area contributed by atoms with Crippen molar-refractivity contribution in [3.8, 4) is 0 Å². The molecule has 0 radical (unpaired) electrons. The summed E-state index contributed by atoms with van der Waals surface area (Å²) in [5, 5.41) is 0. The van der Waals surface area contributed by atoms with Gasteiger partial charge in [-0.05, 0) is 37.0 Å². The van der Waals surface area contributed by atoms with E-state index in [0.717, 1.165) is 32.4 Å². The number of amides is 1. The lowest BCUT2D eigenvalue weighted by molar-refractivity contribution is 0.0525. The maximum Gasteiger partial charge on any atom is 0.254 e. The molecule has 1 atom stereocenters. The van der Waals surface area contributed by atoms with Crippen LogP contribution in [0.25, 0.3) is 0 Å². The number of nitrogens with zero attached hydrogens (tertiary/aromatic N) is 2. The van der Waals surface area contributed by atoms with Gasteiger partial charge in [-0.1, -0.05) is 30.3 Å². The molecule has 0 aliphatic carbocycles. The Morgan fingerprint density at radius 2 is 1.96 bits per heavy atom. The van der Waals surface area contributed by atoms with Crippen LogP contribution in [0, 0.1) is 0 Å². The van der Waals surface area contributed by atoms with Gasteiger partial charge in [0.15, 0.2) is 0 Å². The number of aryl methyl sites for hydroxylation is 1. The molecule has 4 heteroatoms. The van der Waals surface area contributed by atoms with Gasteiger partial charge in [0.25, 0.3) is 5.91 Å². The van der Waals surface area contributed by atoms with Crippen molar-refractivity contribution >= 4 is 5.91 Å². The average Bonchev–Trinajstić information content (AvgIpc) is 3.09. The predicted molar refractivity (Wildman–Crippen MR) is 89.3 cm³/mol. The molecule has 0 N–H and O–H groups in total. The van der Waals surface area contributed by atoms with E-state index in [9.17, 15) is 4.79 Å². The number of ether oxygens (including phenoxy) is 1. The quantitative estimate of drug-likeness (QED) is 0.770. The molecular formula is C19H22N2O2. The molecule has 0 saturated carbocycles. The van der Waals surface area contributed by atoms with E-state index in [0.29, 0.717) is 12.1 Å². The van der Waals surface area contributed by atoms with Gasteiger partial charge >= 0.3 is 0 Å². The van der Waals surface area contributed by atoms with E-state index < -0.39 is 0 Å². The molecule has 1 aliphatic heterocycles. The van der Waals surface area contributed by atoms with Crippen molar-refractivity contribution in [2.24, 2.45) is 0 Å². The molecule has 1 amide bonds. The number of rotatable bonds is 6. The zero-order chi connectivity index (χ0) is 15.9. The number of likely N-dealkylation sites (tertiary alicyclic amines) is 1. The van der Waals surface area contributed by atoms with Crippen LogP contribution in [0.4, 0.5) is 0 Å². The first-order chi connectivity index (χ1) is 11.3. The van der Waals surface area contributed by atoms with Crippen LogP contribution in [0.1, 0.15) is 28.8 Å². The molecule has 0 bridgehead atoms. The molecule has 1 saturated heterocycles. The van der Waals surface area contributed by atoms with Crippen LogP contribution >= 0.6 is 0 Å². The summed E-state index contributed by atoms with van der Waals surface area (Å²) in [5.74, 6) is 0.0720. The highest BCUT2D eigenvalue weighted by Crippen LogP contribution is 2.16. The maximum absolute atomic E-state index is 12.4. The van der Waals surface area contributed by atoms with Gasteiger partial charge in [0, 0.05) is 37.7 Å². The Kier molecular flexibility index (Phi) is 5.37. The number of hydrogen-bond donors (Lipinski definition) is 0. The molecule has 1 aromatic carbocycles. The maximum atomic E-state index is 12.4. The normalized spacial score (nSPS) is 17.4. The van der Waals surface area contributed by atoms with Crippen LogP contribution in [-0.4, -0.2) is 41.6 Å². The molecular weight excluding hydrogens is 288 g/mol. The number of hydrogen-bond acceptors (Lipinski definition) is 3. The summed E-state index contributed by atoms with van der Waals surface area (Å²) in [6.07, 6.45) is 6.44. The molecule has 2 aromatic rings. The molecule has 1 aromatic heterocycles. The standard InChI is InChI=1S/C19H22N2O2/c22-19(17-8-11-20-12-9-17)21-13-10-18(15-21)23-14-4-7-16-5-2-1-3-6-16/h1-3,5-6,8-9,11-12,18H,4,7,10,13-15H2/t18-/m1/s1. The molecule has 1 fully saturated rings. The monoisotopic (exact) mass is 310 g/mol. The Hall–Kier alpha value is -2.20. The third-order valence-electron chi connectivity index (χ3n) is 4.17. The summed E-state index contributed by atoms with van der Waals surface area (Å²) in [6, 6.07) is 14.0. The Balaban J connectivity index is 1.39. The highest BCUT2D eigenvalue weighted by Gasteiger charge is 2.27. The highest BCUT2D eigenvalue weighted by molar-refractivity contribution is 5.94. The van der Waals surface area contributed by atoms with Crippen LogP contribution in [0.5, 0.6) is 0 Å². The molecule has 4 nitrogen and oxygen atoms in total. The van der Waals surface area contributed by atoms with Gasteiger partial charge in [-0.3, -0.25) is 9.78 Å². The fourth-order valence-electron chi connectivity index (χ4n) is 2.90. The number of carbonyl (C=O) groups is 1. The summed E-state index contributed by atoms with van der Waals surface area (Å²) in [5.41, 5.74) is 2.04. The Bertz CT molecular complexity index is 616. The van der Waals surface area contributed by atoms with Crippen molar-refractivity contribution in [1.29, 1.82) is 0 Å². The van der Waals surface area contributed by atoms with Crippen LogP contribution in [0.3, 0.4) is 0 Å². The second kappa shape index (κ2) is 7.88. The molecule has 0 unspecified atom stereocenters. The topological polar surface area (TPSA) is 42.4 Å². The second-order valence-electron chi connectivity index (χ2n) is 5.86. The van der Waals surface area contributed by atoms with E-state index in [4.69, 9.17) is 4.74 Å². The molecule has 1 aliphatic rings. The SMILES string of the molecule is O=C(c1ccncc1)N1CC[C@@H](OCCCc2ccccc2)C1. The van der Waals surface area contributed by atoms with E-state index in [2.05, 4.69) is 29.2 Å². The summed E-state index contributed by atoms with van der Waals surface area (Å²) < 4.78 is 5.93. The molecule has 23 heavy (non-hydrogen) atoms. The van der Waals surface area contributed by atoms with Crippen molar-refractivity contribution in [2.75, 3.05) is 19.7 Å². The smallest absolute Gasteiger partial charge is 0.254 e. The fraction of sp³-hybridized carbons (Fsp3) is 0.368.